The normalized spacial score (nSPS) is 12.7. The van der Waals surface area contributed by atoms with Gasteiger partial charge in [-0.25, -0.2) is 0 Å². The maximum Gasteiger partial charge on any atom is 0.319 e. The molecule has 0 saturated carbocycles. The molecule has 0 radical (unpaired) electrons. The molecule has 0 aliphatic rings. The second-order valence-corrected chi connectivity index (χ2v) is 4.26. The van der Waals surface area contributed by atoms with Crippen molar-refractivity contribution < 1.29 is 24.9 Å². The van der Waals surface area contributed by atoms with Gasteiger partial charge < -0.3 is 20.1 Å². The third-order valence-electron chi connectivity index (χ3n) is 1.74. The summed E-state index contributed by atoms with van der Waals surface area (Å²) in [7, 11) is 0. The first kappa shape index (κ1) is 13.4. The molecule has 0 aromatic carbocycles. The minimum absolute atomic E-state index is 0.644. The van der Waals surface area contributed by atoms with Gasteiger partial charge in [-0.3, -0.25) is 4.79 Å². The monoisotopic (exact) mass is 206 g/mol. The average molecular weight is 206 g/mol. The smallest absolute Gasteiger partial charge is 0.319 e. The molecule has 0 saturated heterocycles. The Morgan fingerprint density at radius 3 is 1.64 bits per heavy atom. The molecule has 0 bridgehead atoms. The van der Waals surface area contributed by atoms with Gasteiger partial charge in [0.15, 0.2) is 0 Å². The van der Waals surface area contributed by atoms with E-state index in [4.69, 9.17) is 20.1 Å². The van der Waals surface area contributed by atoms with E-state index >= 15 is 0 Å². The Hall–Kier alpha value is -0.650. The number of aliphatic hydroxyl groups excluding tert-OH is 3. The highest BCUT2D eigenvalue weighted by atomic mass is 16.6. The van der Waals surface area contributed by atoms with Gasteiger partial charge in [0.05, 0.1) is 19.8 Å². The van der Waals surface area contributed by atoms with Crippen molar-refractivity contribution in [3.63, 3.8) is 0 Å². The van der Waals surface area contributed by atoms with E-state index in [9.17, 15) is 4.79 Å². The molecule has 0 heterocycles. The Morgan fingerprint density at radius 1 is 1.07 bits per heavy atom. The average Bonchev–Trinajstić information content (AvgIpc) is 2.05. The van der Waals surface area contributed by atoms with Gasteiger partial charge in [0.25, 0.3) is 0 Å². The van der Waals surface area contributed by atoms with Gasteiger partial charge in [0.1, 0.15) is 11.0 Å². The van der Waals surface area contributed by atoms with E-state index in [1.165, 1.54) is 0 Å². The van der Waals surface area contributed by atoms with Crippen LogP contribution in [0.15, 0.2) is 0 Å². The lowest BCUT2D eigenvalue weighted by Gasteiger charge is -2.29. The molecule has 0 aromatic rings. The Labute approximate surface area is 83.3 Å². The van der Waals surface area contributed by atoms with Crippen LogP contribution in [-0.2, 0) is 9.53 Å². The molecule has 0 atom stereocenters. The van der Waals surface area contributed by atoms with E-state index in [1.54, 1.807) is 20.8 Å². The quantitative estimate of drug-likeness (QED) is 0.529. The van der Waals surface area contributed by atoms with E-state index in [0.29, 0.717) is 0 Å². The molecule has 0 aliphatic heterocycles. The minimum atomic E-state index is -1.60. The first-order valence-corrected chi connectivity index (χ1v) is 4.37. The lowest BCUT2D eigenvalue weighted by molar-refractivity contribution is -0.176. The van der Waals surface area contributed by atoms with Crippen molar-refractivity contribution in [1.82, 2.24) is 0 Å². The second kappa shape index (κ2) is 4.72. The number of carbonyl (C=O) groups is 1. The first-order chi connectivity index (χ1) is 6.31. The molecule has 3 N–H and O–H groups in total. The number of esters is 1. The number of carbonyl (C=O) groups excluding carboxylic acids is 1. The molecular formula is C9H18O5. The van der Waals surface area contributed by atoms with Crippen LogP contribution < -0.4 is 0 Å². The summed E-state index contributed by atoms with van der Waals surface area (Å²) in [5.74, 6) is -0.794. The predicted octanol–water partition coefficient (Wildman–Crippen LogP) is -0.709. The van der Waals surface area contributed by atoms with Crippen molar-refractivity contribution in [2.75, 3.05) is 19.8 Å². The minimum Gasteiger partial charge on any atom is -0.459 e. The van der Waals surface area contributed by atoms with Crippen LogP contribution in [0.2, 0.25) is 0 Å². The highest BCUT2D eigenvalue weighted by Crippen LogP contribution is 2.21. The molecule has 0 aliphatic carbocycles. The number of aliphatic hydroxyl groups is 3. The fraction of sp³-hybridized carbons (Fsp3) is 0.889. The molecule has 0 fully saturated rings. The van der Waals surface area contributed by atoms with Gasteiger partial charge in [0.2, 0.25) is 0 Å². The topological polar surface area (TPSA) is 87.0 Å². The molecule has 84 valence electrons. The third-order valence-corrected chi connectivity index (χ3v) is 1.74. The van der Waals surface area contributed by atoms with Crippen LogP contribution in [0.25, 0.3) is 0 Å². The highest BCUT2D eigenvalue weighted by Gasteiger charge is 2.40. The Kier molecular flexibility index (Phi) is 4.51. The largest absolute Gasteiger partial charge is 0.459 e. The maximum atomic E-state index is 11.5. The summed E-state index contributed by atoms with van der Waals surface area (Å²) < 4.78 is 4.96. The predicted molar refractivity (Wildman–Crippen MR) is 49.5 cm³/mol. The highest BCUT2D eigenvalue weighted by molar-refractivity contribution is 5.77. The molecule has 14 heavy (non-hydrogen) atoms. The summed E-state index contributed by atoms with van der Waals surface area (Å²) in [6, 6.07) is 0. The SMILES string of the molecule is CC(C)(C)OC(=O)C(CO)(CO)CO. The van der Waals surface area contributed by atoms with E-state index in [-0.39, 0.29) is 0 Å². The van der Waals surface area contributed by atoms with Gasteiger partial charge in [-0.1, -0.05) is 0 Å². The van der Waals surface area contributed by atoms with Gasteiger partial charge in [0, 0.05) is 0 Å². The van der Waals surface area contributed by atoms with Crippen LogP contribution in [0.3, 0.4) is 0 Å². The van der Waals surface area contributed by atoms with Gasteiger partial charge in [-0.05, 0) is 20.8 Å². The maximum absolute atomic E-state index is 11.5. The van der Waals surface area contributed by atoms with Crippen LogP contribution in [0, 0.1) is 5.41 Å². The molecule has 0 spiro atoms. The molecular weight excluding hydrogens is 188 g/mol. The number of ether oxygens (including phenoxy) is 1. The Morgan fingerprint density at radius 2 is 1.43 bits per heavy atom. The van der Waals surface area contributed by atoms with E-state index in [1.807, 2.05) is 0 Å². The fourth-order valence-corrected chi connectivity index (χ4v) is 0.730. The molecule has 5 nitrogen and oxygen atoms in total. The molecule has 0 aromatic heterocycles. The van der Waals surface area contributed by atoms with Gasteiger partial charge in [-0.2, -0.15) is 0 Å². The lowest BCUT2D eigenvalue weighted by Crippen LogP contribution is -2.45. The Balaban J connectivity index is 4.61. The Bertz CT molecular complexity index is 182. The molecule has 0 unspecified atom stereocenters. The van der Waals surface area contributed by atoms with Crippen LogP contribution >= 0.6 is 0 Å². The summed E-state index contributed by atoms with van der Waals surface area (Å²) in [4.78, 5) is 11.5. The van der Waals surface area contributed by atoms with Crippen molar-refractivity contribution in [1.29, 1.82) is 0 Å². The molecule has 0 rings (SSSR count). The van der Waals surface area contributed by atoms with Gasteiger partial charge >= 0.3 is 5.97 Å². The van der Waals surface area contributed by atoms with Crippen molar-refractivity contribution in [2.45, 2.75) is 26.4 Å². The zero-order valence-electron chi connectivity index (χ0n) is 8.78. The summed E-state index contributed by atoms with van der Waals surface area (Å²) in [6.45, 7) is 3.07. The summed E-state index contributed by atoms with van der Waals surface area (Å²) >= 11 is 0. The van der Waals surface area contributed by atoms with Crippen LogP contribution in [-0.4, -0.2) is 46.7 Å². The van der Waals surface area contributed by atoms with Crippen LogP contribution in [0.4, 0.5) is 0 Å². The van der Waals surface area contributed by atoms with Crippen molar-refractivity contribution in [2.24, 2.45) is 5.41 Å². The van der Waals surface area contributed by atoms with Crippen LogP contribution in [0.5, 0.6) is 0 Å². The summed E-state index contributed by atoms with van der Waals surface area (Å²) in [6.07, 6.45) is 0. The standard InChI is InChI=1S/C9H18O5/c1-8(2,3)14-7(13)9(4-10,5-11)6-12/h10-12H,4-6H2,1-3H3. The number of rotatable bonds is 4. The lowest BCUT2D eigenvalue weighted by atomic mass is 9.91. The van der Waals surface area contributed by atoms with Crippen molar-refractivity contribution >= 4 is 5.97 Å². The fourth-order valence-electron chi connectivity index (χ4n) is 0.730. The van der Waals surface area contributed by atoms with Gasteiger partial charge in [-0.15, -0.1) is 0 Å². The van der Waals surface area contributed by atoms with Crippen molar-refractivity contribution in [3.05, 3.63) is 0 Å². The summed E-state index contributed by atoms with van der Waals surface area (Å²) in [5, 5.41) is 26.8. The molecule has 0 amide bonds. The van der Waals surface area contributed by atoms with Crippen LogP contribution in [0.1, 0.15) is 20.8 Å². The zero-order chi connectivity index (χ0) is 11.4. The molecule has 5 heteroatoms. The zero-order valence-corrected chi connectivity index (χ0v) is 8.78. The summed E-state index contributed by atoms with van der Waals surface area (Å²) in [5.41, 5.74) is -2.31. The van der Waals surface area contributed by atoms with E-state index in [0.717, 1.165) is 0 Å². The number of hydrogen-bond acceptors (Lipinski definition) is 5. The third kappa shape index (κ3) is 3.25. The van der Waals surface area contributed by atoms with E-state index < -0.39 is 36.8 Å². The van der Waals surface area contributed by atoms with E-state index in [2.05, 4.69) is 0 Å². The van der Waals surface area contributed by atoms with Crippen molar-refractivity contribution in [3.8, 4) is 0 Å². The second-order valence-electron chi connectivity index (χ2n) is 4.26. The number of hydrogen-bond donors (Lipinski definition) is 3. The first-order valence-electron chi connectivity index (χ1n) is 4.37.